The van der Waals surface area contributed by atoms with Gasteiger partial charge in [-0.05, 0) is 11.6 Å². The van der Waals surface area contributed by atoms with Crippen LogP contribution in [-0.2, 0) is 13.6 Å². The number of amides is 2. The van der Waals surface area contributed by atoms with Crippen molar-refractivity contribution in [2.24, 2.45) is 7.05 Å². The summed E-state index contributed by atoms with van der Waals surface area (Å²) in [6.45, 7) is 0.427. The number of methoxy groups -OCH3 is 1. The first kappa shape index (κ1) is 17.8. The second-order valence-electron chi connectivity index (χ2n) is 5.54. The zero-order chi connectivity index (χ0) is 18.5. The van der Waals surface area contributed by atoms with Crippen molar-refractivity contribution in [1.82, 2.24) is 20.1 Å². The van der Waals surface area contributed by atoms with E-state index in [1.807, 2.05) is 30.3 Å². The molecule has 0 atom stereocenters. The number of aromatic nitrogens is 3. The van der Waals surface area contributed by atoms with E-state index in [1.54, 1.807) is 24.0 Å². The maximum atomic E-state index is 12.1. The minimum atomic E-state index is -0.331. The Morgan fingerprint density at radius 3 is 2.69 bits per heavy atom. The number of anilines is 1. The van der Waals surface area contributed by atoms with Gasteiger partial charge in [-0.2, -0.15) is 5.10 Å². The molecule has 0 aliphatic rings. The van der Waals surface area contributed by atoms with Gasteiger partial charge < -0.3 is 15.4 Å². The summed E-state index contributed by atoms with van der Waals surface area (Å²) < 4.78 is 6.93. The van der Waals surface area contributed by atoms with Gasteiger partial charge >= 0.3 is 6.03 Å². The lowest BCUT2D eigenvalue weighted by Crippen LogP contribution is -2.28. The fourth-order valence-corrected chi connectivity index (χ4v) is 2.79. The Morgan fingerprint density at radius 2 is 2.04 bits per heavy atom. The summed E-state index contributed by atoms with van der Waals surface area (Å²) in [5.74, 6) is 0.394. The van der Waals surface area contributed by atoms with E-state index in [9.17, 15) is 4.79 Å². The summed E-state index contributed by atoms with van der Waals surface area (Å²) in [4.78, 5) is 16.4. The quantitative estimate of drug-likeness (QED) is 0.719. The molecule has 7 nitrogen and oxygen atoms in total. The second kappa shape index (κ2) is 7.88. The summed E-state index contributed by atoms with van der Waals surface area (Å²) in [7, 11) is 3.29. The zero-order valence-electron chi connectivity index (χ0n) is 14.4. The number of benzene rings is 1. The van der Waals surface area contributed by atoms with Crippen LogP contribution in [0.3, 0.4) is 0 Å². The highest BCUT2D eigenvalue weighted by molar-refractivity contribution is 6.33. The number of halogens is 1. The lowest BCUT2D eigenvalue weighted by Gasteiger charge is -2.12. The average Bonchev–Trinajstić information content (AvgIpc) is 2.99. The molecule has 26 heavy (non-hydrogen) atoms. The van der Waals surface area contributed by atoms with E-state index in [1.165, 1.54) is 13.3 Å². The SMILES string of the molecule is COc1ncc(NC(=O)NCc2ccccc2)cc1-c1c(Cl)cnn1C. The van der Waals surface area contributed by atoms with Crippen LogP contribution in [0.25, 0.3) is 11.3 Å². The van der Waals surface area contributed by atoms with E-state index in [0.717, 1.165) is 5.56 Å². The highest BCUT2D eigenvalue weighted by Crippen LogP contribution is 2.34. The fourth-order valence-electron chi connectivity index (χ4n) is 2.52. The third-order valence-corrected chi connectivity index (χ3v) is 4.02. The van der Waals surface area contributed by atoms with Gasteiger partial charge in [0.05, 0.1) is 41.5 Å². The molecular formula is C18H18ClN5O2. The van der Waals surface area contributed by atoms with Gasteiger partial charge in [0.1, 0.15) is 0 Å². The molecule has 2 aromatic heterocycles. The van der Waals surface area contributed by atoms with Crippen molar-refractivity contribution >= 4 is 23.3 Å². The summed E-state index contributed by atoms with van der Waals surface area (Å²) >= 11 is 6.22. The predicted octanol–water partition coefficient (Wildman–Crippen LogP) is 3.47. The highest BCUT2D eigenvalue weighted by Gasteiger charge is 2.16. The van der Waals surface area contributed by atoms with Crippen LogP contribution < -0.4 is 15.4 Å². The van der Waals surface area contributed by atoms with Crippen LogP contribution >= 0.6 is 11.6 Å². The summed E-state index contributed by atoms with van der Waals surface area (Å²) in [6.07, 6.45) is 3.07. The van der Waals surface area contributed by atoms with Crippen molar-refractivity contribution in [2.75, 3.05) is 12.4 Å². The second-order valence-corrected chi connectivity index (χ2v) is 5.95. The van der Waals surface area contributed by atoms with Gasteiger partial charge in [-0.3, -0.25) is 4.68 Å². The standard InChI is InChI=1S/C18H18ClN5O2/c1-24-16(15(19)11-22-24)14-8-13(10-20-17(14)26-2)23-18(25)21-9-12-6-4-3-5-7-12/h3-8,10-11H,9H2,1-2H3,(H2,21,23,25). The van der Waals surface area contributed by atoms with Crippen molar-refractivity contribution in [2.45, 2.75) is 6.54 Å². The Balaban J connectivity index is 1.76. The molecule has 3 aromatic rings. The number of pyridine rings is 1. The monoisotopic (exact) mass is 371 g/mol. The van der Waals surface area contributed by atoms with Gasteiger partial charge in [0, 0.05) is 13.6 Å². The van der Waals surface area contributed by atoms with Crippen LogP contribution in [0.1, 0.15) is 5.56 Å². The van der Waals surface area contributed by atoms with E-state index in [2.05, 4.69) is 20.7 Å². The van der Waals surface area contributed by atoms with Gasteiger partial charge in [-0.25, -0.2) is 9.78 Å². The number of carbonyl (C=O) groups excluding carboxylic acids is 1. The molecule has 0 saturated carbocycles. The van der Waals surface area contributed by atoms with Crippen LogP contribution in [0.5, 0.6) is 5.88 Å². The van der Waals surface area contributed by atoms with Crippen molar-refractivity contribution in [3.63, 3.8) is 0 Å². The Kier molecular flexibility index (Phi) is 5.38. The van der Waals surface area contributed by atoms with Gasteiger partial charge in [0.25, 0.3) is 0 Å². The van der Waals surface area contributed by atoms with E-state index >= 15 is 0 Å². The zero-order valence-corrected chi connectivity index (χ0v) is 15.1. The lowest BCUT2D eigenvalue weighted by atomic mass is 10.2. The van der Waals surface area contributed by atoms with E-state index in [-0.39, 0.29) is 6.03 Å². The Labute approximate surface area is 156 Å². The summed E-state index contributed by atoms with van der Waals surface area (Å²) in [5, 5.41) is 10.2. The Bertz CT molecular complexity index is 892. The van der Waals surface area contributed by atoms with Gasteiger partial charge in [-0.15, -0.1) is 0 Å². The number of hydrogen-bond acceptors (Lipinski definition) is 4. The molecule has 2 N–H and O–H groups in total. The smallest absolute Gasteiger partial charge is 0.319 e. The first-order valence-electron chi connectivity index (χ1n) is 7.89. The molecule has 3 rings (SSSR count). The molecule has 0 unspecified atom stereocenters. The van der Waals surface area contributed by atoms with E-state index < -0.39 is 0 Å². The Morgan fingerprint density at radius 1 is 1.27 bits per heavy atom. The number of rotatable bonds is 5. The summed E-state index contributed by atoms with van der Waals surface area (Å²) in [5.41, 5.74) is 2.82. The molecule has 0 radical (unpaired) electrons. The third kappa shape index (κ3) is 3.94. The van der Waals surface area contributed by atoms with E-state index in [0.29, 0.717) is 34.4 Å². The predicted molar refractivity (Wildman–Crippen MR) is 100 cm³/mol. The minimum absolute atomic E-state index is 0.331. The van der Waals surface area contributed by atoms with Gasteiger partial charge in [0.15, 0.2) is 0 Å². The molecule has 0 aliphatic heterocycles. The van der Waals surface area contributed by atoms with Crippen molar-refractivity contribution in [3.8, 4) is 17.1 Å². The number of aryl methyl sites for hydroxylation is 1. The van der Waals surface area contributed by atoms with Gasteiger partial charge in [-0.1, -0.05) is 41.9 Å². The number of nitrogens with one attached hydrogen (secondary N) is 2. The molecule has 134 valence electrons. The lowest BCUT2D eigenvalue weighted by molar-refractivity contribution is 0.251. The molecule has 2 amide bonds. The largest absolute Gasteiger partial charge is 0.481 e. The fraction of sp³-hybridized carbons (Fsp3) is 0.167. The first-order valence-corrected chi connectivity index (χ1v) is 8.27. The molecule has 0 fully saturated rings. The third-order valence-electron chi connectivity index (χ3n) is 3.75. The number of carbonyl (C=O) groups is 1. The minimum Gasteiger partial charge on any atom is -0.481 e. The van der Waals surface area contributed by atoms with E-state index in [4.69, 9.17) is 16.3 Å². The van der Waals surface area contributed by atoms with Crippen LogP contribution in [0.15, 0.2) is 48.8 Å². The average molecular weight is 372 g/mol. The Hall–Kier alpha value is -3.06. The number of urea groups is 1. The molecule has 0 bridgehead atoms. The van der Waals surface area contributed by atoms with Crippen LogP contribution in [0.2, 0.25) is 5.02 Å². The molecule has 8 heteroatoms. The number of ether oxygens (including phenoxy) is 1. The summed E-state index contributed by atoms with van der Waals surface area (Å²) in [6, 6.07) is 11.1. The molecule has 0 saturated heterocycles. The van der Waals surface area contributed by atoms with Gasteiger partial charge in [0.2, 0.25) is 5.88 Å². The maximum absolute atomic E-state index is 12.1. The topological polar surface area (TPSA) is 81.1 Å². The normalized spacial score (nSPS) is 10.4. The molecule has 0 aliphatic carbocycles. The molecule has 0 spiro atoms. The van der Waals surface area contributed by atoms with Crippen LogP contribution in [0, 0.1) is 0 Å². The van der Waals surface area contributed by atoms with Crippen molar-refractivity contribution in [1.29, 1.82) is 0 Å². The maximum Gasteiger partial charge on any atom is 0.319 e. The van der Waals surface area contributed by atoms with Crippen LogP contribution in [-0.4, -0.2) is 27.9 Å². The van der Waals surface area contributed by atoms with Crippen LogP contribution in [0.4, 0.5) is 10.5 Å². The molecule has 1 aromatic carbocycles. The first-order chi connectivity index (χ1) is 12.6. The van der Waals surface area contributed by atoms with Crippen molar-refractivity contribution in [3.05, 3.63) is 59.4 Å². The highest BCUT2D eigenvalue weighted by atomic mass is 35.5. The number of hydrogen-bond donors (Lipinski definition) is 2. The van der Waals surface area contributed by atoms with Crippen molar-refractivity contribution < 1.29 is 9.53 Å². The molecular weight excluding hydrogens is 354 g/mol. The number of nitrogens with zero attached hydrogens (tertiary/aromatic N) is 3. The molecule has 2 heterocycles.